The number of carbonyl (C=O) groups is 2. The molecule has 0 radical (unpaired) electrons. The van der Waals surface area contributed by atoms with Gasteiger partial charge in [0.15, 0.2) is 0 Å². The highest BCUT2D eigenvalue weighted by Crippen LogP contribution is 2.45. The summed E-state index contributed by atoms with van der Waals surface area (Å²) >= 11 is 0. The van der Waals surface area contributed by atoms with Gasteiger partial charge in [0.1, 0.15) is 17.2 Å². The van der Waals surface area contributed by atoms with Crippen molar-refractivity contribution in [2.75, 3.05) is 0 Å². The molecule has 7 nitrogen and oxygen atoms in total. The van der Waals surface area contributed by atoms with Gasteiger partial charge in [-0.25, -0.2) is 9.37 Å². The van der Waals surface area contributed by atoms with E-state index in [0.29, 0.717) is 34.3 Å². The van der Waals surface area contributed by atoms with Crippen molar-refractivity contribution in [2.45, 2.75) is 31.7 Å². The minimum Gasteiger partial charge on any atom is -0.460 e. The van der Waals surface area contributed by atoms with E-state index in [0.717, 1.165) is 51.8 Å². The molecule has 0 bridgehead atoms. The van der Waals surface area contributed by atoms with Gasteiger partial charge in [0.2, 0.25) is 0 Å². The quantitative estimate of drug-likeness (QED) is 0.225. The lowest BCUT2D eigenvalue weighted by Crippen LogP contribution is -2.35. The molecule has 6 aromatic rings. The lowest BCUT2D eigenvalue weighted by molar-refractivity contribution is 0.0929. The number of carbonyl (C=O) groups excluding carboxylic acids is 2. The number of pyridine rings is 2. The van der Waals surface area contributed by atoms with Crippen LogP contribution in [0.25, 0.3) is 33.1 Å². The zero-order valence-corrected chi connectivity index (χ0v) is 23.4. The number of fused-ring (bicyclic) bond motifs is 2. The molecule has 3 aromatic heterocycles. The summed E-state index contributed by atoms with van der Waals surface area (Å²) in [6.07, 6.45) is 3.65. The zero-order chi connectivity index (χ0) is 29.7. The van der Waals surface area contributed by atoms with Gasteiger partial charge in [0.25, 0.3) is 11.8 Å². The third-order valence-electron chi connectivity index (χ3n) is 8.15. The smallest absolute Gasteiger partial charge is 0.252 e. The summed E-state index contributed by atoms with van der Waals surface area (Å²) in [5, 5.41) is 3.81. The van der Waals surface area contributed by atoms with Gasteiger partial charge in [-0.3, -0.25) is 14.6 Å². The highest BCUT2D eigenvalue weighted by atomic mass is 19.1. The molecule has 212 valence electrons. The molecule has 3 aromatic carbocycles. The van der Waals surface area contributed by atoms with Crippen molar-refractivity contribution in [3.05, 3.63) is 131 Å². The Balaban J connectivity index is 1.20. The summed E-state index contributed by atoms with van der Waals surface area (Å²) < 4.78 is 19.4. The van der Waals surface area contributed by atoms with Crippen molar-refractivity contribution in [2.24, 2.45) is 5.73 Å². The Kier molecular flexibility index (Phi) is 6.27. The van der Waals surface area contributed by atoms with Gasteiger partial charge in [-0.05, 0) is 103 Å². The Morgan fingerprint density at radius 2 is 1.79 bits per heavy atom. The number of nitrogens with zero attached hydrogens (tertiary/aromatic N) is 2. The van der Waals surface area contributed by atoms with E-state index < -0.39 is 11.4 Å². The van der Waals surface area contributed by atoms with Crippen LogP contribution in [0.3, 0.4) is 0 Å². The van der Waals surface area contributed by atoms with E-state index in [1.807, 2.05) is 61.5 Å². The van der Waals surface area contributed by atoms with E-state index in [4.69, 9.17) is 15.1 Å². The Bertz CT molecular complexity index is 2060. The van der Waals surface area contributed by atoms with Crippen molar-refractivity contribution >= 4 is 33.8 Å². The van der Waals surface area contributed by atoms with Crippen LogP contribution < -0.4 is 11.1 Å². The Morgan fingerprint density at radius 3 is 2.56 bits per heavy atom. The number of nitrogens with two attached hydrogens (primary N) is 1. The van der Waals surface area contributed by atoms with Gasteiger partial charge in [-0.15, -0.1) is 0 Å². The lowest BCUT2D eigenvalue weighted by atomic mass is 9.95. The first kappa shape index (κ1) is 26.5. The second kappa shape index (κ2) is 10.2. The van der Waals surface area contributed by atoms with Gasteiger partial charge in [0.05, 0.1) is 27.8 Å². The summed E-state index contributed by atoms with van der Waals surface area (Å²) in [5.41, 5.74) is 12.5. The first-order valence-corrected chi connectivity index (χ1v) is 14.1. The fraction of sp³-hybridized carbons (Fsp3) is 0.143. The van der Waals surface area contributed by atoms with Gasteiger partial charge in [-0.2, -0.15) is 0 Å². The first-order valence-electron chi connectivity index (χ1n) is 14.1. The molecule has 2 amide bonds. The van der Waals surface area contributed by atoms with Gasteiger partial charge < -0.3 is 15.5 Å². The maximum atomic E-state index is 13.5. The zero-order valence-electron chi connectivity index (χ0n) is 23.4. The number of benzene rings is 3. The molecular weight excluding hydrogens is 543 g/mol. The molecule has 1 aliphatic rings. The van der Waals surface area contributed by atoms with Gasteiger partial charge in [0, 0.05) is 23.6 Å². The molecule has 1 saturated carbocycles. The van der Waals surface area contributed by atoms with E-state index in [1.165, 1.54) is 12.1 Å². The summed E-state index contributed by atoms with van der Waals surface area (Å²) in [4.78, 5) is 35.2. The molecule has 0 spiro atoms. The van der Waals surface area contributed by atoms with Crippen molar-refractivity contribution in [1.29, 1.82) is 0 Å². The van der Waals surface area contributed by atoms with Crippen LogP contribution in [-0.2, 0) is 12.0 Å². The predicted molar refractivity (Wildman–Crippen MR) is 162 cm³/mol. The fourth-order valence-electron chi connectivity index (χ4n) is 5.66. The summed E-state index contributed by atoms with van der Waals surface area (Å²) in [6.45, 7) is 1.97. The number of rotatable bonds is 7. The van der Waals surface area contributed by atoms with E-state index in [9.17, 15) is 14.0 Å². The van der Waals surface area contributed by atoms with Crippen molar-refractivity contribution in [3.63, 3.8) is 0 Å². The highest BCUT2D eigenvalue weighted by Gasteiger charge is 2.47. The average Bonchev–Trinajstić information content (AvgIpc) is 3.70. The summed E-state index contributed by atoms with van der Waals surface area (Å²) in [5.74, 6) is -0.708. The highest BCUT2D eigenvalue weighted by molar-refractivity contribution is 6.07. The van der Waals surface area contributed by atoms with E-state index in [1.54, 1.807) is 24.4 Å². The second-order valence-electron chi connectivity index (χ2n) is 11.1. The van der Waals surface area contributed by atoms with Crippen LogP contribution in [0.2, 0.25) is 0 Å². The van der Waals surface area contributed by atoms with E-state index in [2.05, 4.69) is 10.3 Å². The molecule has 0 aliphatic heterocycles. The van der Waals surface area contributed by atoms with Crippen LogP contribution in [0.15, 0.2) is 95.5 Å². The molecular formula is C35H27FN4O3. The van der Waals surface area contributed by atoms with Gasteiger partial charge >= 0.3 is 0 Å². The molecule has 0 atom stereocenters. The number of aromatic nitrogens is 2. The van der Waals surface area contributed by atoms with Crippen LogP contribution in [-0.4, -0.2) is 21.8 Å². The minimum atomic E-state index is -0.606. The van der Waals surface area contributed by atoms with Crippen LogP contribution in [0.5, 0.6) is 0 Å². The number of furan rings is 1. The molecule has 3 heterocycles. The SMILES string of the molecule is Cc1ccc(C(=O)NC2(c3ccc4ncccc4n3)CC2)cc1-c1ccc2oc(Cc3ccc(F)cc3)c(C(N)=O)c2c1. The fourth-order valence-corrected chi connectivity index (χ4v) is 5.66. The average molecular weight is 571 g/mol. The Hall–Kier alpha value is -5.37. The molecule has 43 heavy (non-hydrogen) atoms. The Labute approximate surface area is 246 Å². The normalized spacial score (nSPS) is 13.7. The third-order valence-corrected chi connectivity index (χ3v) is 8.15. The van der Waals surface area contributed by atoms with E-state index >= 15 is 0 Å². The standard InChI is InChI=1S/C35H27FN4O3/c1-20-4-7-23(34(42)40-35(14-15-35)31-13-11-27-28(39-31)3-2-16-38-27)19-25(20)22-8-12-29-26(18-22)32(33(37)41)30(43-29)17-21-5-9-24(36)10-6-21/h2-13,16,18-19H,14-15,17H2,1H3,(H2,37,41)(H,40,42). The molecule has 0 saturated heterocycles. The summed E-state index contributed by atoms with van der Waals surface area (Å²) in [6, 6.07) is 24.8. The molecule has 8 heteroatoms. The lowest BCUT2D eigenvalue weighted by Gasteiger charge is -2.18. The maximum absolute atomic E-state index is 13.5. The Morgan fingerprint density at radius 1 is 0.977 bits per heavy atom. The predicted octanol–water partition coefficient (Wildman–Crippen LogP) is 6.60. The molecule has 1 fully saturated rings. The van der Waals surface area contributed by atoms with Crippen LogP contribution in [0.4, 0.5) is 4.39 Å². The first-order chi connectivity index (χ1) is 20.8. The summed E-state index contributed by atoms with van der Waals surface area (Å²) in [7, 11) is 0. The van der Waals surface area contributed by atoms with E-state index in [-0.39, 0.29) is 11.7 Å². The number of hydrogen-bond donors (Lipinski definition) is 2. The third kappa shape index (κ3) is 4.91. The van der Waals surface area contributed by atoms with Crippen LogP contribution >= 0.6 is 0 Å². The van der Waals surface area contributed by atoms with Crippen LogP contribution in [0, 0.1) is 12.7 Å². The molecule has 3 N–H and O–H groups in total. The monoisotopic (exact) mass is 570 g/mol. The number of primary amides is 1. The molecule has 7 rings (SSSR count). The molecule has 0 unspecified atom stereocenters. The maximum Gasteiger partial charge on any atom is 0.252 e. The van der Waals surface area contributed by atoms with Crippen molar-refractivity contribution < 1.29 is 18.4 Å². The number of hydrogen-bond acceptors (Lipinski definition) is 5. The van der Waals surface area contributed by atoms with Gasteiger partial charge in [-0.1, -0.05) is 24.3 Å². The topological polar surface area (TPSA) is 111 Å². The molecule has 1 aliphatic carbocycles. The second-order valence-corrected chi connectivity index (χ2v) is 11.1. The number of nitrogens with one attached hydrogen (secondary N) is 1. The van der Waals surface area contributed by atoms with Crippen molar-refractivity contribution in [3.8, 4) is 11.1 Å². The largest absolute Gasteiger partial charge is 0.460 e. The number of halogens is 1. The number of aryl methyl sites for hydroxylation is 1. The van der Waals surface area contributed by atoms with Crippen molar-refractivity contribution in [1.82, 2.24) is 15.3 Å². The van der Waals surface area contributed by atoms with Crippen LogP contribution in [0.1, 0.15) is 56.1 Å². The number of amides is 2. The minimum absolute atomic E-state index is 0.185.